The van der Waals surface area contributed by atoms with Crippen LogP contribution in [0.25, 0.3) is 0 Å². The van der Waals surface area contributed by atoms with Crippen LogP contribution in [0.15, 0.2) is 65.1 Å². The maximum atomic E-state index is 12.9. The first-order chi connectivity index (χ1) is 11.2. The van der Waals surface area contributed by atoms with Gasteiger partial charge in [-0.2, -0.15) is 9.78 Å². The van der Waals surface area contributed by atoms with Gasteiger partial charge in [0.15, 0.2) is 0 Å². The highest BCUT2D eigenvalue weighted by Gasteiger charge is 2.04. The highest BCUT2D eigenvalue weighted by molar-refractivity contribution is 7.98. The zero-order valence-corrected chi connectivity index (χ0v) is 13.4. The first-order valence-electron chi connectivity index (χ1n) is 7.09. The van der Waals surface area contributed by atoms with E-state index in [-0.39, 0.29) is 5.82 Å². The van der Waals surface area contributed by atoms with Crippen molar-refractivity contribution in [2.24, 2.45) is 5.10 Å². The van der Waals surface area contributed by atoms with E-state index in [0.29, 0.717) is 5.16 Å². The van der Waals surface area contributed by atoms with Crippen molar-refractivity contribution in [2.45, 2.75) is 17.8 Å². The summed E-state index contributed by atoms with van der Waals surface area (Å²) in [5, 5.41) is 13.0. The molecule has 0 spiro atoms. The van der Waals surface area contributed by atoms with Crippen molar-refractivity contribution in [3.63, 3.8) is 0 Å². The van der Waals surface area contributed by atoms with Crippen molar-refractivity contribution >= 4 is 18.0 Å². The molecule has 0 saturated heterocycles. The summed E-state index contributed by atoms with van der Waals surface area (Å²) in [5.41, 5.74) is 3.28. The summed E-state index contributed by atoms with van der Waals surface area (Å²) in [5.74, 6) is 0.534. The molecule has 116 valence electrons. The summed E-state index contributed by atoms with van der Waals surface area (Å²) in [7, 11) is 0. The zero-order valence-electron chi connectivity index (χ0n) is 12.6. The Morgan fingerprint density at radius 3 is 2.61 bits per heavy atom. The summed E-state index contributed by atoms with van der Waals surface area (Å²) >= 11 is 1.57. The molecular weight excluding hydrogens is 311 g/mol. The highest BCUT2D eigenvalue weighted by atomic mass is 32.2. The first kappa shape index (κ1) is 15.4. The minimum atomic E-state index is -0.263. The number of nitrogens with zero attached hydrogens (tertiary/aromatic N) is 4. The van der Waals surface area contributed by atoms with E-state index in [4.69, 9.17) is 0 Å². The van der Waals surface area contributed by atoms with Crippen LogP contribution in [0.3, 0.4) is 0 Å². The molecule has 0 atom stereocenters. The summed E-state index contributed by atoms with van der Waals surface area (Å²) in [4.78, 5) is 0. The van der Waals surface area contributed by atoms with Crippen LogP contribution in [0.4, 0.5) is 4.39 Å². The molecule has 1 aromatic heterocycles. The van der Waals surface area contributed by atoms with E-state index in [1.54, 1.807) is 41.1 Å². The highest BCUT2D eigenvalue weighted by Crippen LogP contribution is 2.20. The zero-order chi connectivity index (χ0) is 16.1. The minimum absolute atomic E-state index is 0.263. The summed E-state index contributed by atoms with van der Waals surface area (Å²) < 4.78 is 14.5. The minimum Gasteiger partial charge on any atom is -0.207 e. The number of hydrogen-bond acceptors (Lipinski definition) is 4. The molecule has 0 aliphatic rings. The Morgan fingerprint density at radius 2 is 1.87 bits per heavy atom. The Balaban J connectivity index is 1.67. The van der Waals surface area contributed by atoms with E-state index in [2.05, 4.69) is 46.5 Å². The van der Waals surface area contributed by atoms with E-state index in [1.807, 2.05) is 0 Å². The largest absolute Gasteiger partial charge is 0.212 e. The number of hydrogen-bond donors (Lipinski definition) is 0. The summed E-state index contributed by atoms with van der Waals surface area (Å²) in [6.07, 6.45) is 3.20. The molecule has 2 aromatic carbocycles. The Morgan fingerprint density at radius 1 is 1.13 bits per heavy atom. The predicted octanol–water partition coefficient (Wildman–Crippen LogP) is 3.90. The number of aryl methyl sites for hydroxylation is 1. The van der Waals surface area contributed by atoms with E-state index in [1.165, 1.54) is 23.3 Å². The third-order valence-electron chi connectivity index (χ3n) is 3.19. The Bertz CT molecular complexity index is 794. The van der Waals surface area contributed by atoms with E-state index in [0.717, 1.165) is 11.3 Å². The molecule has 3 aromatic rings. The molecule has 0 bridgehead atoms. The van der Waals surface area contributed by atoms with Crippen LogP contribution < -0.4 is 0 Å². The van der Waals surface area contributed by atoms with Gasteiger partial charge >= 0.3 is 0 Å². The van der Waals surface area contributed by atoms with Crippen LogP contribution >= 0.6 is 11.8 Å². The lowest BCUT2D eigenvalue weighted by atomic mass is 10.2. The lowest BCUT2D eigenvalue weighted by molar-refractivity contribution is 0.628. The monoisotopic (exact) mass is 326 g/mol. The molecule has 0 unspecified atom stereocenters. The summed E-state index contributed by atoms with van der Waals surface area (Å²) in [6.45, 7) is 2.07. The van der Waals surface area contributed by atoms with Crippen molar-refractivity contribution in [3.05, 3.63) is 77.4 Å². The molecule has 3 rings (SSSR count). The van der Waals surface area contributed by atoms with Crippen molar-refractivity contribution in [3.8, 4) is 0 Å². The van der Waals surface area contributed by atoms with Gasteiger partial charge in [0.1, 0.15) is 12.1 Å². The van der Waals surface area contributed by atoms with Crippen LogP contribution in [0.5, 0.6) is 0 Å². The van der Waals surface area contributed by atoms with Crippen molar-refractivity contribution in [1.82, 2.24) is 14.9 Å². The average Bonchev–Trinajstić information content (AvgIpc) is 3.01. The lowest BCUT2D eigenvalue weighted by Crippen LogP contribution is -1.93. The SMILES string of the molecule is Cc1ccc(CSc2nncn2/N=C\c2ccc(F)cc2)cc1. The van der Waals surface area contributed by atoms with Gasteiger partial charge in [0.2, 0.25) is 5.16 Å². The fourth-order valence-electron chi connectivity index (χ4n) is 1.90. The second kappa shape index (κ2) is 7.19. The number of thioether (sulfide) groups is 1. The van der Waals surface area contributed by atoms with Gasteiger partial charge in [-0.15, -0.1) is 10.2 Å². The molecule has 0 amide bonds. The molecule has 6 heteroatoms. The van der Waals surface area contributed by atoms with E-state index in [9.17, 15) is 4.39 Å². The van der Waals surface area contributed by atoms with Gasteiger partial charge < -0.3 is 0 Å². The normalized spacial score (nSPS) is 11.2. The maximum absolute atomic E-state index is 12.9. The fourth-order valence-corrected chi connectivity index (χ4v) is 2.72. The molecule has 0 fully saturated rings. The molecular formula is C17H15FN4S. The van der Waals surface area contributed by atoms with Gasteiger partial charge in [-0.05, 0) is 30.2 Å². The number of rotatable bonds is 5. The molecule has 23 heavy (non-hydrogen) atoms. The fraction of sp³-hybridized carbons (Fsp3) is 0.118. The third kappa shape index (κ3) is 4.26. The van der Waals surface area contributed by atoms with Crippen LogP contribution in [0.1, 0.15) is 16.7 Å². The average molecular weight is 326 g/mol. The molecule has 4 nitrogen and oxygen atoms in total. The second-order valence-corrected chi connectivity index (χ2v) is 5.97. The van der Waals surface area contributed by atoms with Crippen molar-refractivity contribution < 1.29 is 4.39 Å². The first-order valence-corrected chi connectivity index (χ1v) is 8.07. The van der Waals surface area contributed by atoms with Gasteiger partial charge in [0.05, 0.1) is 6.21 Å². The topological polar surface area (TPSA) is 43.1 Å². The van der Waals surface area contributed by atoms with Gasteiger partial charge in [-0.25, -0.2) is 4.39 Å². The Hall–Kier alpha value is -2.47. The molecule has 0 aliphatic heterocycles. The van der Waals surface area contributed by atoms with Crippen LogP contribution in [-0.4, -0.2) is 21.1 Å². The number of aromatic nitrogens is 3. The van der Waals surface area contributed by atoms with Gasteiger partial charge in [0, 0.05) is 5.75 Å². The van der Waals surface area contributed by atoms with Gasteiger partial charge in [-0.1, -0.05) is 53.7 Å². The molecule has 1 heterocycles. The number of benzene rings is 2. The maximum Gasteiger partial charge on any atom is 0.212 e. The van der Waals surface area contributed by atoms with Crippen LogP contribution in [0, 0.1) is 12.7 Å². The quantitative estimate of drug-likeness (QED) is 0.527. The van der Waals surface area contributed by atoms with Crippen molar-refractivity contribution in [2.75, 3.05) is 0 Å². The lowest BCUT2D eigenvalue weighted by Gasteiger charge is -2.02. The molecule has 0 saturated carbocycles. The van der Waals surface area contributed by atoms with Crippen LogP contribution in [-0.2, 0) is 5.75 Å². The number of halogens is 1. The van der Waals surface area contributed by atoms with E-state index >= 15 is 0 Å². The summed E-state index contributed by atoms with van der Waals surface area (Å²) in [6, 6.07) is 14.5. The van der Waals surface area contributed by atoms with Crippen LogP contribution in [0.2, 0.25) is 0 Å². The Labute approximate surface area is 138 Å². The third-order valence-corrected chi connectivity index (χ3v) is 4.19. The van der Waals surface area contributed by atoms with Gasteiger partial charge in [0.25, 0.3) is 0 Å². The van der Waals surface area contributed by atoms with E-state index < -0.39 is 0 Å². The molecule has 0 aliphatic carbocycles. The van der Waals surface area contributed by atoms with Gasteiger partial charge in [-0.3, -0.25) is 0 Å². The standard InChI is InChI=1S/C17H15FN4S/c1-13-2-4-15(5-3-13)11-23-17-21-19-12-22(17)20-10-14-6-8-16(18)9-7-14/h2-10,12H,11H2,1H3/b20-10-. The predicted molar refractivity (Wildman–Crippen MR) is 90.2 cm³/mol. The Kier molecular flexibility index (Phi) is 4.83. The van der Waals surface area contributed by atoms with Crippen molar-refractivity contribution in [1.29, 1.82) is 0 Å². The second-order valence-electron chi connectivity index (χ2n) is 5.03. The molecule has 0 radical (unpaired) electrons. The smallest absolute Gasteiger partial charge is 0.207 e. The molecule has 0 N–H and O–H groups in total.